The highest BCUT2D eigenvalue weighted by atomic mass is 32.2. The van der Waals surface area contributed by atoms with Crippen LogP contribution in [0.3, 0.4) is 0 Å². The molecule has 2 fully saturated rings. The van der Waals surface area contributed by atoms with E-state index < -0.39 is 56.6 Å². The van der Waals surface area contributed by atoms with E-state index in [1.54, 1.807) is 38.7 Å². The molecule has 5 N–H and O–H groups in total. The number of sulfone groups is 1. The van der Waals surface area contributed by atoms with Crippen LogP contribution in [0.5, 0.6) is 0 Å². The largest absolute Gasteiger partial charge is 0.390 e. The van der Waals surface area contributed by atoms with Gasteiger partial charge in [0.15, 0.2) is 9.84 Å². The molecule has 0 saturated heterocycles. The van der Waals surface area contributed by atoms with E-state index in [9.17, 15) is 28.2 Å². The molecule has 238 valence electrons. The lowest BCUT2D eigenvalue weighted by Gasteiger charge is -2.30. The van der Waals surface area contributed by atoms with Crippen LogP contribution in [0.1, 0.15) is 57.7 Å². The Labute approximate surface area is 259 Å². The van der Waals surface area contributed by atoms with Gasteiger partial charge in [-0.05, 0) is 76.0 Å². The van der Waals surface area contributed by atoms with Gasteiger partial charge in [-0.1, -0.05) is 30.3 Å². The SMILES string of the molecule is CC(C)(C)S(=O)(=O)C[C@@H](Cc1ccccc1)C(=O)N[C@@H](Cc1cnc[nH]1)C(=O)N[C@H](CSCC1CC1)[C@H](O)[C@H](O)C1CC1. The van der Waals surface area contributed by atoms with Crippen LogP contribution in [0.25, 0.3) is 0 Å². The molecule has 0 radical (unpaired) electrons. The average molecular weight is 635 g/mol. The zero-order chi connectivity index (χ0) is 31.2. The van der Waals surface area contributed by atoms with E-state index in [2.05, 4.69) is 20.6 Å². The number of thioether (sulfide) groups is 1. The van der Waals surface area contributed by atoms with Crippen molar-refractivity contribution in [2.24, 2.45) is 17.8 Å². The maximum atomic E-state index is 13.8. The number of benzene rings is 1. The molecule has 0 spiro atoms. The van der Waals surface area contributed by atoms with Crippen LogP contribution in [0.4, 0.5) is 0 Å². The van der Waals surface area contributed by atoms with Gasteiger partial charge < -0.3 is 25.8 Å². The summed E-state index contributed by atoms with van der Waals surface area (Å²) >= 11 is 1.64. The molecule has 2 aliphatic rings. The third-order valence-corrected chi connectivity index (χ3v) is 12.2. The second-order valence-corrected chi connectivity index (χ2v) is 16.9. The van der Waals surface area contributed by atoms with E-state index in [0.29, 0.717) is 17.4 Å². The number of H-pyrrole nitrogens is 1. The van der Waals surface area contributed by atoms with Crippen molar-refractivity contribution in [3.8, 4) is 0 Å². The summed E-state index contributed by atoms with van der Waals surface area (Å²) in [5.41, 5.74) is 1.42. The smallest absolute Gasteiger partial charge is 0.243 e. The Morgan fingerprint density at radius 3 is 2.33 bits per heavy atom. The molecule has 0 unspecified atom stereocenters. The van der Waals surface area contributed by atoms with E-state index in [1.165, 1.54) is 19.2 Å². The van der Waals surface area contributed by atoms with Crippen molar-refractivity contribution < 1.29 is 28.2 Å². The summed E-state index contributed by atoms with van der Waals surface area (Å²) in [5, 5.41) is 27.5. The molecule has 43 heavy (non-hydrogen) atoms. The normalized spacial score (nSPS) is 19.2. The number of rotatable bonds is 17. The molecular formula is C31H46N4O6S2. The number of imidazole rings is 1. The number of nitrogens with one attached hydrogen (secondary N) is 3. The van der Waals surface area contributed by atoms with Crippen molar-refractivity contribution in [2.75, 3.05) is 17.3 Å². The van der Waals surface area contributed by atoms with Crippen molar-refractivity contribution in [3.05, 3.63) is 54.1 Å². The van der Waals surface area contributed by atoms with Crippen molar-refractivity contribution in [3.63, 3.8) is 0 Å². The van der Waals surface area contributed by atoms with Crippen molar-refractivity contribution >= 4 is 33.4 Å². The van der Waals surface area contributed by atoms with Crippen molar-refractivity contribution in [1.29, 1.82) is 0 Å². The van der Waals surface area contributed by atoms with Gasteiger partial charge in [0.05, 0.1) is 34.9 Å². The molecule has 1 heterocycles. The Kier molecular flexibility index (Phi) is 11.4. The summed E-state index contributed by atoms with van der Waals surface area (Å²) in [4.78, 5) is 34.6. The van der Waals surface area contributed by atoms with E-state index in [0.717, 1.165) is 24.2 Å². The molecule has 12 heteroatoms. The van der Waals surface area contributed by atoms with Gasteiger partial charge in [0.2, 0.25) is 11.8 Å². The number of carbonyl (C=O) groups excluding carboxylic acids is 2. The molecule has 5 atom stereocenters. The highest BCUT2D eigenvalue weighted by molar-refractivity contribution is 7.99. The van der Waals surface area contributed by atoms with Crippen LogP contribution in [0.15, 0.2) is 42.9 Å². The Hall–Kier alpha value is -2.41. The molecule has 2 saturated carbocycles. The maximum absolute atomic E-state index is 13.8. The van der Waals surface area contributed by atoms with Crippen LogP contribution in [-0.4, -0.2) is 86.7 Å². The molecule has 1 aromatic carbocycles. The summed E-state index contributed by atoms with van der Waals surface area (Å²) < 4.78 is 25.4. The summed E-state index contributed by atoms with van der Waals surface area (Å²) in [6.07, 6.45) is 5.28. The number of hydrogen-bond acceptors (Lipinski definition) is 8. The lowest BCUT2D eigenvalue weighted by atomic mass is 9.99. The van der Waals surface area contributed by atoms with Crippen LogP contribution in [-0.2, 0) is 32.3 Å². The van der Waals surface area contributed by atoms with Gasteiger partial charge in [0, 0.05) is 24.1 Å². The predicted molar refractivity (Wildman–Crippen MR) is 168 cm³/mol. The Bertz CT molecular complexity index is 1290. The van der Waals surface area contributed by atoms with Crippen molar-refractivity contribution in [1.82, 2.24) is 20.6 Å². The minimum absolute atomic E-state index is 0.0202. The highest BCUT2D eigenvalue weighted by Crippen LogP contribution is 2.36. The zero-order valence-corrected chi connectivity index (χ0v) is 26.9. The number of aliphatic hydroxyl groups excluding tert-OH is 2. The molecule has 4 rings (SSSR count). The minimum atomic E-state index is -3.66. The number of aromatic nitrogens is 2. The van der Waals surface area contributed by atoms with Gasteiger partial charge in [-0.15, -0.1) is 0 Å². The molecule has 0 bridgehead atoms. The second-order valence-electron chi connectivity index (χ2n) is 13.0. The highest BCUT2D eigenvalue weighted by Gasteiger charge is 2.40. The zero-order valence-electron chi connectivity index (χ0n) is 25.2. The fourth-order valence-corrected chi connectivity index (χ4v) is 7.50. The monoisotopic (exact) mass is 634 g/mol. The first kappa shape index (κ1) is 33.5. The van der Waals surface area contributed by atoms with Gasteiger partial charge >= 0.3 is 0 Å². The first-order chi connectivity index (χ1) is 20.3. The first-order valence-corrected chi connectivity index (χ1v) is 17.9. The molecule has 0 aliphatic heterocycles. The second kappa shape index (κ2) is 14.6. The third kappa shape index (κ3) is 10.1. The molecule has 2 amide bonds. The van der Waals surface area contributed by atoms with Crippen LogP contribution in [0.2, 0.25) is 0 Å². The molecular weight excluding hydrogens is 588 g/mol. The van der Waals surface area contributed by atoms with E-state index in [-0.39, 0.29) is 24.5 Å². The van der Waals surface area contributed by atoms with Gasteiger partial charge in [0.1, 0.15) is 12.1 Å². The number of aliphatic hydroxyl groups is 2. The van der Waals surface area contributed by atoms with Crippen LogP contribution < -0.4 is 10.6 Å². The number of aromatic amines is 1. The maximum Gasteiger partial charge on any atom is 0.243 e. The minimum Gasteiger partial charge on any atom is -0.390 e. The van der Waals surface area contributed by atoms with Crippen LogP contribution in [0, 0.1) is 17.8 Å². The lowest BCUT2D eigenvalue weighted by Crippen LogP contribution is -2.57. The first-order valence-electron chi connectivity index (χ1n) is 15.1. The summed E-state index contributed by atoms with van der Waals surface area (Å²) in [6.45, 7) is 4.82. The average Bonchev–Trinajstić information content (AvgIpc) is 3.90. The number of nitrogens with zero attached hydrogens (tertiary/aromatic N) is 1. The van der Waals surface area contributed by atoms with Gasteiger partial charge in [-0.2, -0.15) is 11.8 Å². The Morgan fingerprint density at radius 1 is 1.05 bits per heavy atom. The van der Waals surface area contributed by atoms with Gasteiger partial charge in [0.25, 0.3) is 0 Å². The van der Waals surface area contributed by atoms with E-state index in [4.69, 9.17) is 0 Å². The topological polar surface area (TPSA) is 161 Å². The summed E-state index contributed by atoms with van der Waals surface area (Å²) in [6, 6.07) is 7.42. The Morgan fingerprint density at radius 2 is 1.74 bits per heavy atom. The van der Waals surface area contributed by atoms with E-state index >= 15 is 0 Å². The van der Waals surface area contributed by atoms with Gasteiger partial charge in [-0.3, -0.25) is 9.59 Å². The standard InChI is InChI=1S/C31H46N4O6S2/c1-31(2,3)43(40,41)18-23(13-20-7-5-4-6-8-20)29(38)34-25(14-24-15-32-19-33-24)30(39)35-26(17-42-16-21-9-10-21)28(37)27(36)22-11-12-22/h4-8,15,19,21-23,25-28,36-37H,9-14,16-18H2,1-3H3,(H,32,33)(H,34,38)(H,35,39)/t23-,25+,26-,27-,28+/m1/s1. The number of carbonyl (C=O) groups is 2. The quantitative estimate of drug-likeness (QED) is 0.177. The lowest BCUT2D eigenvalue weighted by molar-refractivity contribution is -0.131. The summed E-state index contributed by atoms with van der Waals surface area (Å²) in [7, 11) is -3.66. The fraction of sp³-hybridized carbons (Fsp3) is 0.645. The molecule has 10 nitrogen and oxygen atoms in total. The number of hydrogen-bond donors (Lipinski definition) is 5. The molecule has 2 aromatic rings. The van der Waals surface area contributed by atoms with E-state index in [1.807, 2.05) is 30.3 Å². The predicted octanol–water partition coefficient (Wildman–Crippen LogP) is 2.27. The summed E-state index contributed by atoms with van der Waals surface area (Å²) in [5.74, 6) is -0.335. The van der Waals surface area contributed by atoms with Crippen LogP contribution >= 0.6 is 11.8 Å². The Balaban J connectivity index is 1.53. The third-order valence-electron chi connectivity index (χ3n) is 8.20. The molecule has 1 aromatic heterocycles. The number of amides is 2. The van der Waals surface area contributed by atoms with Crippen molar-refractivity contribution in [2.45, 2.75) is 88.3 Å². The molecule has 2 aliphatic carbocycles. The van der Waals surface area contributed by atoms with Gasteiger partial charge in [-0.25, -0.2) is 13.4 Å². The fourth-order valence-electron chi connectivity index (χ4n) is 4.87.